The van der Waals surface area contributed by atoms with Gasteiger partial charge in [-0.3, -0.25) is 0 Å². The minimum Gasteiger partial charge on any atom is -0.344 e. The van der Waals surface area contributed by atoms with Crippen LogP contribution in [0.1, 0.15) is 0 Å². The Hall–Kier alpha value is -0.820. The Labute approximate surface area is 43.6 Å². The molecule has 1 heteroatoms. The SMILES string of the molecule is N.[c]1ccccc1. The van der Waals surface area contributed by atoms with Crippen LogP contribution in [0.5, 0.6) is 0 Å². The first-order valence-corrected chi connectivity index (χ1v) is 1.91. The van der Waals surface area contributed by atoms with Crippen LogP contribution in [-0.4, -0.2) is 0 Å². The van der Waals surface area contributed by atoms with Gasteiger partial charge in [0.1, 0.15) is 0 Å². The van der Waals surface area contributed by atoms with E-state index in [2.05, 4.69) is 6.07 Å². The van der Waals surface area contributed by atoms with E-state index in [0.29, 0.717) is 0 Å². The molecule has 1 aromatic rings. The molecule has 37 valence electrons. The van der Waals surface area contributed by atoms with E-state index in [1.165, 1.54) is 0 Å². The number of benzene rings is 1. The van der Waals surface area contributed by atoms with Crippen molar-refractivity contribution in [3.05, 3.63) is 36.4 Å². The van der Waals surface area contributed by atoms with Gasteiger partial charge in [0.15, 0.2) is 0 Å². The average Bonchev–Trinajstić information content (AvgIpc) is 1.72. The molecule has 0 spiro atoms. The maximum atomic E-state index is 2.89. The lowest BCUT2D eigenvalue weighted by Crippen LogP contribution is -1.49. The van der Waals surface area contributed by atoms with Crippen molar-refractivity contribution in [2.75, 3.05) is 0 Å². The lowest BCUT2D eigenvalue weighted by Gasteiger charge is -1.68. The minimum absolute atomic E-state index is 0. The topological polar surface area (TPSA) is 35.0 Å². The summed E-state index contributed by atoms with van der Waals surface area (Å²) >= 11 is 0. The van der Waals surface area contributed by atoms with Crippen molar-refractivity contribution in [1.82, 2.24) is 6.15 Å². The van der Waals surface area contributed by atoms with Crippen LogP contribution in [-0.2, 0) is 0 Å². The van der Waals surface area contributed by atoms with E-state index in [9.17, 15) is 0 Å². The van der Waals surface area contributed by atoms with Crippen LogP contribution in [0.3, 0.4) is 0 Å². The maximum Gasteiger partial charge on any atom is -0.0184 e. The van der Waals surface area contributed by atoms with Gasteiger partial charge >= 0.3 is 0 Å². The van der Waals surface area contributed by atoms with Gasteiger partial charge in [0.2, 0.25) is 0 Å². The molecular weight excluding hydrogens is 86.1 g/mol. The second-order valence-electron chi connectivity index (χ2n) is 1.08. The molecule has 0 aromatic heterocycles. The number of hydrogen-bond donors (Lipinski definition) is 1. The van der Waals surface area contributed by atoms with Crippen molar-refractivity contribution in [2.24, 2.45) is 0 Å². The highest BCUT2D eigenvalue weighted by Crippen LogP contribution is 1.78. The highest BCUT2D eigenvalue weighted by Gasteiger charge is 1.58. The fourth-order valence-electron chi connectivity index (χ4n) is 0.342. The molecule has 1 nitrogen and oxygen atoms in total. The third kappa shape index (κ3) is 1.95. The average molecular weight is 94.1 g/mol. The van der Waals surface area contributed by atoms with Gasteiger partial charge in [-0.25, -0.2) is 0 Å². The monoisotopic (exact) mass is 94.1 g/mol. The van der Waals surface area contributed by atoms with Gasteiger partial charge in [-0.05, 0) is 6.07 Å². The Morgan fingerprint density at radius 3 is 1.57 bits per heavy atom. The van der Waals surface area contributed by atoms with E-state index in [1.54, 1.807) is 0 Å². The van der Waals surface area contributed by atoms with Crippen LogP contribution in [0.2, 0.25) is 0 Å². The molecule has 7 heavy (non-hydrogen) atoms. The van der Waals surface area contributed by atoms with Crippen molar-refractivity contribution in [3.8, 4) is 0 Å². The molecule has 1 rings (SSSR count). The minimum atomic E-state index is 0. The van der Waals surface area contributed by atoms with Gasteiger partial charge in [-0.2, -0.15) is 0 Å². The summed E-state index contributed by atoms with van der Waals surface area (Å²) < 4.78 is 0. The Morgan fingerprint density at radius 1 is 0.857 bits per heavy atom. The van der Waals surface area contributed by atoms with Gasteiger partial charge in [0.05, 0.1) is 0 Å². The molecular formula is C6H8N. The van der Waals surface area contributed by atoms with Crippen LogP contribution in [0, 0.1) is 6.07 Å². The molecule has 0 aliphatic carbocycles. The highest BCUT2D eigenvalue weighted by molar-refractivity contribution is 4.97. The van der Waals surface area contributed by atoms with Crippen molar-refractivity contribution >= 4 is 0 Å². The summed E-state index contributed by atoms with van der Waals surface area (Å²) in [5, 5.41) is 0. The molecule has 0 heterocycles. The summed E-state index contributed by atoms with van der Waals surface area (Å²) in [5.74, 6) is 0. The zero-order chi connectivity index (χ0) is 4.24. The Bertz CT molecular complexity index is 76.1. The van der Waals surface area contributed by atoms with Crippen molar-refractivity contribution in [2.45, 2.75) is 0 Å². The number of rotatable bonds is 0. The van der Waals surface area contributed by atoms with E-state index in [0.717, 1.165) is 0 Å². The van der Waals surface area contributed by atoms with Crippen molar-refractivity contribution in [1.29, 1.82) is 0 Å². The third-order valence-corrected chi connectivity index (χ3v) is 0.607. The van der Waals surface area contributed by atoms with Crippen LogP contribution in [0.15, 0.2) is 30.3 Å². The largest absolute Gasteiger partial charge is 0.344 e. The summed E-state index contributed by atoms with van der Waals surface area (Å²) in [5.41, 5.74) is 0. The molecule has 0 aliphatic rings. The zero-order valence-corrected chi connectivity index (χ0v) is 4.09. The molecule has 0 amide bonds. The first-order valence-electron chi connectivity index (χ1n) is 1.91. The van der Waals surface area contributed by atoms with Gasteiger partial charge in [-0.15, -0.1) is 0 Å². The van der Waals surface area contributed by atoms with Crippen LogP contribution in [0.4, 0.5) is 0 Å². The Morgan fingerprint density at radius 2 is 1.43 bits per heavy atom. The quantitative estimate of drug-likeness (QED) is 0.521. The van der Waals surface area contributed by atoms with Gasteiger partial charge in [0.25, 0.3) is 0 Å². The number of hydrogen-bond acceptors (Lipinski definition) is 1. The van der Waals surface area contributed by atoms with E-state index >= 15 is 0 Å². The third-order valence-electron chi connectivity index (χ3n) is 0.607. The Balaban J connectivity index is 0.000000360. The van der Waals surface area contributed by atoms with Crippen LogP contribution >= 0.6 is 0 Å². The van der Waals surface area contributed by atoms with E-state index < -0.39 is 0 Å². The molecule has 1 radical (unpaired) electrons. The first kappa shape index (κ1) is 6.18. The molecule has 3 N–H and O–H groups in total. The summed E-state index contributed by atoms with van der Waals surface area (Å²) in [6.45, 7) is 0. The first-order chi connectivity index (χ1) is 3.00. The lowest BCUT2D eigenvalue weighted by atomic mass is 10.4. The van der Waals surface area contributed by atoms with Gasteiger partial charge < -0.3 is 6.15 Å². The molecule has 1 aromatic carbocycles. The second-order valence-corrected chi connectivity index (χ2v) is 1.08. The standard InChI is InChI=1S/C6H5.H3N/c1-2-4-6-5-3-1;/h1-5H;1H3. The molecule has 0 fully saturated rings. The summed E-state index contributed by atoms with van der Waals surface area (Å²) in [7, 11) is 0. The molecule has 0 bridgehead atoms. The fourth-order valence-corrected chi connectivity index (χ4v) is 0.342. The summed E-state index contributed by atoms with van der Waals surface area (Å²) in [4.78, 5) is 0. The lowest BCUT2D eigenvalue weighted by molar-refractivity contribution is 1.70. The predicted octanol–water partition coefficient (Wildman–Crippen LogP) is 1.65. The highest BCUT2D eigenvalue weighted by atomic mass is 14.0. The maximum absolute atomic E-state index is 2.89. The van der Waals surface area contributed by atoms with Gasteiger partial charge in [-0.1, -0.05) is 30.3 Å². The molecule has 0 saturated heterocycles. The summed E-state index contributed by atoms with van der Waals surface area (Å²) in [6.07, 6.45) is 0. The van der Waals surface area contributed by atoms with E-state index in [1.807, 2.05) is 30.3 Å². The van der Waals surface area contributed by atoms with Crippen molar-refractivity contribution < 1.29 is 0 Å². The molecule has 0 atom stereocenters. The molecule has 0 unspecified atom stereocenters. The van der Waals surface area contributed by atoms with Crippen molar-refractivity contribution in [3.63, 3.8) is 0 Å². The van der Waals surface area contributed by atoms with Gasteiger partial charge in [0, 0.05) is 0 Å². The van der Waals surface area contributed by atoms with Crippen LogP contribution < -0.4 is 6.15 Å². The van der Waals surface area contributed by atoms with E-state index in [-0.39, 0.29) is 6.15 Å². The predicted molar refractivity (Wildman–Crippen MR) is 30.3 cm³/mol. The molecule has 0 saturated carbocycles. The zero-order valence-electron chi connectivity index (χ0n) is 4.09. The van der Waals surface area contributed by atoms with Crippen LogP contribution in [0.25, 0.3) is 0 Å². The normalized spacial score (nSPS) is 6.86. The smallest absolute Gasteiger partial charge is 0.0184 e. The van der Waals surface area contributed by atoms with E-state index in [4.69, 9.17) is 0 Å². The fraction of sp³-hybridized carbons (Fsp3) is 0. The summed E-state index contributed by atoms with van der Waals surface area (Å²) in [6, 6.07) is 12.5. The second kappa shape index (κ2) is 3.37. The molecule has 0 aliphatic heterocycles. The Kier molecular flexibility index (Phi) is 2.98.